The lowest BCUT2D eigenvalue weighted by Gasteiger charge is -2.13. The molecule has 0 saturated carbocycles. The predicted octanol–water partition coefficient (Wildman–Crippen LogP) is 2.88. The molecule has 2 rings (SSSR count). The SMILES string of the molecule is COC(OC(C)=O)OC(C)=O.c1ccc2ccccc2c1. The highest BCUT2D eigenvalue weighted by Gasteiger charge is 2.12. The third kappa shape index (κ3) is 6.54. The predicted molar refractivity (Wildman–Crippen MR) is 78.3 cm³/mol. The average molecular weight is 290 g/mol. The summed E-state index contributed by atoms with van der Waals surface area (Å²) in [5.74, 6) is -1.14. The van der Waals surface area contributed by atoms with Crippen LogP contribution < -0.4 is 0 Å². The molecule has 0 spiro atoms. The Labute approximate surface area is 123 Å². The van der Waals surface area contributed by atoms with Crippen molar-refractivity contribution >= 4 is 22.7 Å². The van der Waals surface area contributed by atoms with Crippen molar-refractivity contribution in [1.82, 2.24) is 0 Å². The van der Waals surface area contributed by atoms with Crippen LogP contribution in [0.3, 0.4) is 0 Å². The van der Waals surface area contributed by atoms with Gasteiger partial charge in [0, 0.05) is 21.0 Å². The summed E-state index contributed by atoms with van der Waals surface area (Å²) in [4.78, 5) is 20.6. The summed E-state index contributed by atoms with van der Waals surface area (Å²) in [6.45, 7) is 1.15. The summed E-state index contributed by atoms with van der Waals surface area (Å²) < 4.78 is 13.3. The van der Waals surface area contributed by atoms with E-state index >= 15 is 0 Å². The second-order valence-electron chi connectivity index (χ2n) is 4.09. The molecule has 112 valence electrons. The molecule has 2 aromatic rings. The summed E-state index contributed by atoms with van der Waals surface area (Å²) in [6.07, 6.45) is 0. The standard InChI is InChI=1S/C10H8.C6H10O5/c1-2-6-10-8-4-3-7-9(10)5-1;1-4(7)10-6(9-3)11-5(2)8/h1-8H;6H,1-3H3. The van der Waals surface area contributed by atoms with Gasteiger partial charge < -0.3 is 14.2 Å². The average Bonchev–Trinajstić information content (AvgIpc) is 2.46. The Morgan fingerprint density at radius 1 is 0.810 bits per heavy atom. The lowest BCUT2D eigenvalue weighted by molar-refractivity contribution is -0.254. The number of rotatable bonds is 3. The summed E-state index contributed by atoms with van der Waals surface area (Å²) in [5.41, 5.74) is 0. The van der Waals surface area contributed by atoms with Crippen molar-refractivity contribution < 1.29 is 23.8 Å². The molecule has 2 aromatic carbocycles. The van der Waals surface area contributed by atoms with Crippen LogP contribution >= 0.6 is 0 Å². The molecule has 0 radical (unpaired) electrons. The van der Waals surface area contributed by atoms with E-state index in [0.717, 1.165) is 0 Å². The number of carbonyl (C=O) groups is 2. The Balaban J connectivity index is 0.000000210. The molecule has 5 nitrogen and oxygen atoms in total. The monoisotopic (exact) mass is 290 g/mol. The van der Waals surface area contributed by atoms with Gasteiger partial charge in [-0.1, -0.05) is 48.5 Å². The molecule has 0 unspecified atom stereocenters. The molecule has 0 aliphatic rings. The van der Waals surface area contributed by atoms with E-state index in [0.29, 0.717) is 0 Å². The molecule has 0 aromatic heterocycles. The van der Waals surface area contributed by atoms with Crippen LogP contribution in [0.4, 0.5) is 0 Å². The second kappa shape index (κ2) is 8.71. The number of esters is 2. The zero-order valence-electron chi connectivity index (χ0n) is 12.2. The maximum absolute atomic E-state index is 10.3. The molecule has 21 heavy (non-hydrogen) atoms. The van der Waals surface area contributed by atoms with Crippen molar-refractivity contribution in [3.8, 4) is 0 Å². The van der Waals surface area contributed by atoms with Crippen LogP contribution in [0.15, 0.2) is 48.5 Å². The molecule has 0 amide bonds. The summed E-state index contributed by atoms with van der Waals surface area (Å²) in [5, 5.41) is 2.62. The molecule has 0 N–H and O–H groups in total. The van der Waals surface area contributed by atoms with Crippen LogP contribution in [0.2, 0.25) is 0 Å². The number of carbonyl (C=O) groups excluding carboxylic acids is 2. The number of methoxy groups -OCH3 is 1. The van der Waals surface area contributed by atoms with E-state index in [-0.39, 0.29) is 0 Å². The number of hydrogen-bond donors (Lipinski definition) is 0. The normalized spacial score (nSPS) is 9.71. The first-order valence-corrected chi connectivity index (χ1v) is 6.34. The molecule has 5 heteroatoms. The van der Waals surface area contributed by atoms with Crippen molar-refractivity contribution in [3.63, 3.8) is 0 Å². The number of hydrogen-bond acceptors (Lipinski definition) is 5. The molecular weight excluding hydrogens is 272 g/mol. The maximum atomic E-state index is 10.3. The van der Waals surface area contributed by atoms with E-state index in [4.69, 9.17) is 0 Å². The maximum Gasteiger partial charge on any atom is 0.364 e. The Morgan fingerprint density at radius 2 is 1.14 bits per heavy atom. The van der Waals surface area contributed by atoms with Gasteiger partial charge in [-0.2, -0.15) is 0 Å². The van der Waals surface area contributed by atoms with Gasteiger partial charge in [-0.15, -0.1) is 0 Å². The van der Waals surface area contributed by atoms with Gasteiger partial charge in [-0.25, -0.2) is 0 Å². The van der Waals surface area contributed by atoms with Gasteiger partial charge >= 0.3 is 18.4 Å². The van der Waals surface area contributed by atoms with Crippen molar-refractivity contribution in [2.45, 2.75) is 20.3 Å². The number of ether oxygens (including phenoxy) is 3. The Kier molecular flexibility index (Phi) is 6.91. The van der Waals surface area contributed by atoms with Gasteiger partial charge in [0.15, 0.2) is 0 Å². The third-order valence-corrected chi connectivity index (χ3v) is 2.38. The summed E-state index contributed by atoms with van der Waals surface area (Å²) in [6, 6.07) is 16.7. The van der Waals surface area contributed by atoms with E-state index in [1.165, 1.54) is 31.7 Å². The van der Waals surface area contributed by atoms with E-state index in [9.17, 15) is 9.59 Å². The molecule has 0 saturated heterocycles. The lowest BCUT2D eigenvalue weighted by Crippen LogP contribution is -2.23. The highest BCUT2D eigenvalue weighted by molar-refractivity contribution is 5.82. The molecular formula is C16H18O5. The molecule has 0 bridgehead atoms. The largest absolute Gasteiger partial charge is 0.400 e. The lowest BCUT2D eigenvalue weighted by atomic mass is 10.1. The fourth-order valence-corrected chi connectivity index (χ4v) is 1.52. The van der Waals surface area contributed by atoms with Gasteiger partial charge in [0.2, 0.25) is 0 Å². The Hall–Kier alpha value is -2.40. The van der Waals surface area contributed by atoms with Gasteiger partial charge in [-0.05, 0) is 10.8 Å². The first-order valence-electron chi connectivity index (χ1n) is 6.34. The third-order valence-electron chi connectivity index (χ3n) is 2.38. The van der Waals surface area contributed by atoms with Crippen LogP contribution in [-0.2, 0) is 23.8 Å². The fourth-order valence-electron chi connectivity index (χ4n) is 1.52. The van der Waals surface area contributed by atoms with E-state index in [1.54, 1.807) is 0 Å². The number of fused-ring (bicyclic) bond motifs is 1. The van der Waals surface area contributed by atoms with Crippen LogP contribution in [-0.4, -0.2) is 25.5 Å². The molecule has 0 aliphatic heterocycles. The van der Waals surface area contributed by atoms with Gasteiger partial charge in [0.1, 0.15) is 0 Å². The minimum Gasteiger partial charge on any atom is -0.400 e. The fraction of sp³-hybridized carbons (Fsp3) is 0.250. The minimum absolute atomic E-state index is 0.571. The molecule has 0 atom stereocenters. The summed E-state index contributed by atoms with van der Waals surface area (Å²) >= 11 is 0. The minimum atomic E-state index is -1.23. The highest BCUT2D eigenvalue weighted by atomic mass is 16.9. The van der Waals surface area contributed by atoms with E-state index in [2.05, 4.69) is 62.7 Å². The molecule has 0 fully saturated rings. The van der Waals surface area contributed by atoms with Crippen molar-refractivity contribution in [1.29, 1.82) is 0 Å². The van der Waals surface area contributed by atoms with Crippen LogP contribution in [0.1, 0.15) is 13.8 Å². The first kappa shape index (κ1) is 16.7. The topological polar surface area (TPSA) is 61.8 Å². The van der Waals surface area contributed by atoms with Crippen LogP contribution in [0, 0.1) is 0 Å². The Bertz CT molecular complexity index is 512. The molecule has 0 heterocycles. The van der Waals surface area contributed by atoms with Crippen molar-refractivity contribution in [3.05, 3.63) is 48.5 Å². The quantitative estimate of drug-likeness (QED) is 0.642. The zero-order valence-corrected chi connectivity index (χ0v) is 12.2. The van der Waals surface area contributed by atoms with Gasteiger partial charge in [0.05, 0.1) is 0 Å². The Morgan fingerprint density at radius 3 is 1.38 bits per heavy atom. The highest BCUT2D eigenvalue weighted by Crippen LogP contribution is 2.11. The zero-order chi connectivity index (χ0) is 15.7. The van der Waals surface area contributed by atoms with E-state index in [1.807, 2.05) is 0 Å². The number of benzene rings is 2. The first-order chi connectivity index (χ1) is 10.0. The smallest absolute Gasteiger partial charge is 0.364 e. The van der Waals surface area contributed by atoms with Gasteiger partial charge in [0.25, 0.3) is 0 Å². The van der Waals surface area contributed by atoms with Crippen molar-refractivity contribution in [2.24, 2.45) is 0 Å². The van der Waals surface area contributed by atoms with Crippen LogP contribution in [0.5, 0.6) is 0 Å². The van der Waals surface area contributed by atoms with E-state index < -0.39 is 18.4 Å². The molecule has 0 aliphatic carbocycles. The summed E-state index contributed by atoms with van der Waals surface area (Å²) in [7, 11) is 1.26. The van der Waals surface area contributed by atoms with Crippen molar-refractivity contribution in [2.75, 3.05) is 7.11 Å². The second-order valence-corrected chi connectivity index (χ2v) is 4.09. The van der Waals surface area contributed by atoms with Gasteiger partial charge in [-0.3, -0.25) is 9.59 Å². The van der Waals surface area contributed by atoms with Crippen LogP contribution in [0.25, 0.3) is 10.8 Å².